The van der Waals surface area contributed by atoms with Crippen LogP contribution in [0.1, 0.15) is 31.2 Å². The van der Waals surface area contributed by atoms with E-state index in [1.54, 1.807) is 0 Å². The van der Waals surface area contributed by atoms with E-state index < -0.39 is 11.7 Å². The SMILES string of the molecule is CC(C)c1nnc(Cl)n1-c1ccc(C(F)(F)F)cc1Cl. The molecule has 0 unspecified atom stereocenters. The molecule has 1 aromatic heterocycles. The Hall–Kier alpha value is -1.27. The lowest BCUT2D eigenvalue weighted by molar-refractivity contribution is -0.137. The van der Waals surface area contributed by atoms with Gasteiger partial charge in [0.25, 0.3) is 0 Å². The maximum absolute atomic E-state index is 12.6. The van der Waals surface area contributed by atoms with Crippen LogP contribution in [0.15, 0.2) is 18.2 Å². The molecule has 108 valence electrons. The average molecular weight is 324 g/mol. The minimum absolute atomic E-state index is 0.00615. The van der Waals surface area contributed by atoms with Gasteiger partial charge >= 0.3 is 6.18 Å². The quantitative estimate of drug-likeness (QED) is 0.800. The summed E-state index contributed by atoms with van der Waals surface area (Å²) in [6.45, 7) is 3.74. The van der Waals surface area contributed by atoms with Gasteiger partial charge in [-0.1, -0.05) is 25.4 Å². The van der Waals surface area contributed by atoms with Crippen LogP contribution in [0.2, 0.25) is 10.3 Å². The standard InChI is InChI=1S/C12H10Cl2F3N3/c1-6(2)10-18-19-11(14)20(10)9-4-3-7(5-8(9)13)12(15,16)17/h3-6H,1-2H3. The zero-order valence-corrected chi connectivity index (χ0v) is 12.1. The molecule has 0 radical (unpaired) electrons. The highest BCUT2D eigenvalue weighted by Gasteiger charge is 2.31. The van der Waals surface area contributed by atoms with Gasteiger partial charge in [0.1, 0.15) is 5.82 Å². The Morgan fingerprint density at radius 2 is 1.80 bits per heavy atom. The van der Waals surface area contributed by atoms with Gasteiger partial charge in [-0.25, -0.2) is 0 Å². The van der Waals surface area contributed by atoms with Gasteiger partial charge in [-0.05, 0) is 29.8 Å². The first kappa shape index (κ1) is 15.1. The molecule has 1 heterocycles. The van der Waals surface area contributed by atoms with E-state index in [-0.39, 0.29) is 16.2 Å². The summed E-state index contributed by atoms with van der Waals surface area (Å²) in [6, 6.07) is 3.06. The third-order valence-corrected chi connectivity index (χ3v) is 3.23. The minimum Gasteiger partial charge on any atom is -0.268 e. The minimum atomic E-state index is -4.44. The second kappa shape index (κ2) is 5.26. The highest BCUT2D eigenvalue weighted by molar-refractivity contribution is 6.33. The van der Waals surface area contributed by atoms with Crippen LogP contribution in [0.25, 0.3) is 5.69 Å². The normalized spacial score (nSPS) is 12.2. The van der Waals surface area contributed by atoms with Gasteiger partial charge in [0.2, 0.25) is 5.28 Å². The summed E-state index contributed by atoms with van der Waals surface area (Å²) in [4.78, 5) is 0. The summed E-state index contributed by atoms with van der Waals surface area (Å²) >= 11 is 11.9. The second-order valence-corrected chi connectivity index (χ2v) is 5.23. The zero-order valence-electron chi connectivity index (χ0n) is 10.5. The van der Waals surface area contributed by atoms with E-state index in [9.17, 15) is 13.2 Å². The molecule has 0 atom stereocenters. The summed E-state index contributed by atoms with van der Waals surface area (Å²) in [5, 5.41) is 7.61. The third kappa shape index (κ3) is 2.76. The predicted octanol–water partition coefficient (Wildman–Crippen LogP) is 4.72. The zero-order chi connectivity index (χ0) is 15.1. The van der Waals surface area contributed by atoms with Gasteiger partial charge in [0.15, 0.2) is 0 Å². The highest BCUT2D eigenvalue weighted by Crippen LogP contribution is 2.34. The number of aromatic nitrogens is 3. The molecule has 0 saturated heterocycles. The Balaban J connectivity index is 2.58. The molecule has 0 bridgehead atoms. The van der Waals surface area contributed by atoms with Crippen molar-refractivity contribution < 1.29 is 13.2 Å². The number of alkyl halides is 3. The van der Waals surface area contributed by atoms with E-state index in [2.05, 4.69) is 10.2 Å². The van der Waals surface area contributed by atoms with Crippen LogP contribution in [0.3, 0.4) is 0 Å². The molecular formula is C12H10Cl2F3N3. The van der Waals surface area contributed by atoms with Crippen LogP contribution in [0.4, 0.5) is 13.2 Å². The summed E-state index contributed by atoms with van der Waals surface area (Å²) in [7, 11) is 0. The Morgan fingerprint density at radius 1 is 1.15 bits per heavy atom. The van der Waals surface area contributed by atoms with Crippen molar-refractivity contribution in [3.63, 3.8) is 0 Å². The predicted molar refractivity (Wildman–Crippen MR) is 70.5 cm³/mol. The molecule has 0 fully saturated rings. The van der Waals surface area contributed by atoms with Crippen LogP contribution in [0.5, 0.6) is 0 Å². The fourth-order valence-electron chi connectivity index (χ4n) is 1.74. The maximum Gasteiger partial charge on any atom is 0.416 e. The van der Waals surface area contributed by atoms with Crippen molar-refractivity contribution in [3.05, 3.63) is 39.9 Å². The summed E-state index contributed by atoms with van der Waals surface area (Å²) < 4.78 is 39.3. The van der Waals surface area contributed by atoms with E-state index >= 15 is 0 Å². The van der Waals surface area contributed by atoms with Crippen molar-refractivity contribution in [2.75, 3.05) is 0 Å². The Labute approximate surface area is 123 Å². The fraction of sp³-hybridized carbons (Fsp3) is 0.333. The average Bonchev–Trinajstić information content (AvgIpc) is 2.70. The number of nitrogens with zero attached hydrogens (tertiary/aromatic N) is 3. The Morgan fingerprint density at radius 3 is 2.30 bits per heavy atom. The molecule has 0 saturated carbocycles. The molecule has 0 spiro atoms. The molecule has 0 N–H and O–H groups in total. The lowest BCUT2D eigenvalue weighted by Crippen LogP contribution is -2.08. The molecule has 8 heteroatoms. The molecule has 0 aliphatic rings. The van der Waals surface area contributed by atoms with Crippen LogP contribution in [-0.4, -0.2) is 14.8 Å². The maximum atomic E-state index is 12.6. The summed E-state index contributed by atoms with van der Waals surface area (Å²) in [6.07, 6.45) is -4.44. The first-order chi connectivity index (χ1) is 9.21. The first-order valence-corrected chi connectivity index (χ1v) is 6.45. The fourth-order valence-corrected chi connectivity index (χ4v) is 2.22. The van der Waals surface area contributed by atoms with Crippen molar-refractivity contribution in [1.82, 2.24) is 14.8 Å². The molecule has 2 aromatic rings. The van der Waals surface area contributed by atoms with E-state index in [4.69, 9.17) is 23.2 Å². The monoisotopic (exact) mass is 323 g/mol. The molecule has 20 heavy (non-hydrogen) atoms. The Kier molecular flexibility index (Phi) is 3.97. The number of hydrogen-bond acceptors (Lipinski definition) is 2. The van der Waals surface area contributed by atoms with Gasteiger partial charge in [0.05, 0.1) is 16.3 Å². The summed E-state index contributed by atoms with van der Waals surface area (Å²) in [5.74, 6) is 0.519. The number of hydrogen-bond donors (Lipinski definition) is 0. The van der Waals surface area contributed by atoms with Crippen LogP contribution in [-0.2, 0) is 6.18 Å². The molecular weight excluding hydrogens is 314 g/mol. The van der Waals surface area contributed by atoms with Crippen LogP contribution in [0, 0.1) is 0 Å². The number of halogens is 5. The van der Waals surface area contributed by atoms with E-state index in [0.717, 1.165) is 12.1 Å². The molecule has 0 aliphatic carbocycles. The van der Waals surface area contributed by atoms with Crippen molar-refractivity contribution in [2.45, 2.75) is 25.9 Å². The largest absolute Gasteiger partial charge is 0.416 e. The summed E-state index contributed by atoms with van der Waals surface area (Å²) in [5.41, 5.74) is -0.500. The van der Waals surface area contributed by atoms with Crippen LogP contribution >= 0.6 is 23.2 Å². The first-order valence-electron chi connectivity index (χ1n) is 5.69. The lowest BCUT2D eigenvalue weighted by atomic mass is 10.1. The van der Waals surface area contributed by atoms with Crippen molar-refractivity contribution in [3.8, 4) is 5.69 Å². The van der Waals surface area contributed by atoms with Crippen molar-refractivity contribution >= 4 is 23.2 Å². The van der Waals surface area contributed by atoms with Gasteiger partial charge in [-0.15, -0.1) is 10.2 Å². The van der Waals surface area contributed by atoms with Gasteiger partial charge in [-0.3, -0.25) is 4.57 Å². The van der Waals surface area contributed by atoms with Crippen molar-refractivity contribution in [1.29, 1.82) is 0 Å². The third-order valence-electron chi connectivity index (χ3n) is 2.68. The molecule has 0 aliphatic heterocycles. The molecule has 3 nitrogen and oxygen atoms in total. The van der Waals surface area contributed by atoms with Crippen LogP contribution < -0.4 is 0 Å². The van der Waals surface area contributed by atoms with E-state index in [1.165, 1.54) is 10.6 Å². The molecule has 0 amide bonds. The Bertz CT molecular complexity index is 635. The van der Waals surface area contributed by atoms with Gasteiger partial charge in [-0.2, -0.15) is 13.2 Å². The highest BCUT2D eigenvalue weighted by atomic mass is 35.5. The van der Waals surface area contributed by atoms with Gasteiger partial charge < -0.3 is 0 Å². The van der Waals surface area contributed by atoms with E-state index in [0.29, 0.717) is 11.5 Å². The van der Waals surface area contributed by atoms with Crippen molar-refractivity contribution in [2.24, 2.45) is 0 Å². The molecule has 2 rings (SSSR count). The number of benzene rings is 1. The smallest absolute Gasteiger partial charge is 0.268 e. The topological polar surface area (TPSA) is 30.7 Å². The second-order valence-electron chi connectivity index (χ2n) is 4.48. The van der Waals surface area contributed by atoms with Gasteiger partial charge in [0, 0.05) is 5.92 Å². The lowest BCUT2D eigenvalue weighted by Gasteiger charge is -2.13. The van der Waals surface area contributed by atoms with E-state index in [1.807, 2.05) is 13.8 Å². The number of rotatable bonds is 2. The molecule has 1 aromatic carbocycles.